The van der Waals surface area contributed by atoms with Gasteiger partial charge in [-0.1, -0.05) is 19.1 Å². The van der Waals surface area contributed by atoms with Crippen LogP contribution in [0.15, 0.2) is 24.3 Å². The number of anilines is 1. The Labute approximate surface area is 104 Å². The normalized spacial score (nSPS) is 17.1. The number of carbonyl (C=O) groups excluding carboxylic acids is 2. The SMILES string of the molecule is CC1CC(=O)N(c2ccccc2C(=O)O)C(=O)C1. The van der Waals surface area contributed by atoms with Crippen LogP contribution >= 0.6 is 0 Å². The Bertz CT molecular complexity index is 505. The first-order valence-electron chi connectivity index (χ1n) is 5.69. The van der Waals surface area contributed by atoms with Crippen LogP contribution < -0.4 is 4.90 Å². The smallest absolute Gasteiger partial charge is 0.337 e. The first kappa shape index (κ1) is 12.3. The summed E-state index contributed by atoms with van der Waals surface area (Å²) in [4.78, 5) is 35.9. The molecule has 2 amide bonds. The van der Waals surface area contributed by atoms with Gasteiger partial charge in [-0.15, -0.1) is 0 Å². The molecule has 1 saturated heterocycles. The number of para-hydroxylation sites is 1. The highest BCUT2D eigenvalue weighted by atomic mass is 16.4. The average Bonchev–Trinajstić information content (AvgIpc) is 2.28. The summed E-state index contributed by atoms with van der Waals surface area (Å²) in [5.74, 6) is -1.82. The molecule has 1 fully saturated rings. The van der Waals surface area contributed by atoms with Crippen LogP contribution in [0.2, 0.25) is 0 Å². The molecule has 1 N–H and O–H groups in total. The molecule has 18 heavy (non-hydrogen) atoms. The lowest BCUT2D eigenvalue weighted by Gasteiger charge is -2.29. The molecule has 0 unspecified atom stereocenters. The number of nitrogens with zero attached hydrogens (tertiary/aromatic N) is 1. The van der Waals surface area contributed by atoms with E-state index in [-0.39, 0.29) is 41.8 Å². The second-order valence-electron chi connectivity index (χ2n) is 4.46. The Morgan fingerprint density at radius 2 is 1.78 bits per heavy atom. The minimum Gasteiger partial charge on any atom is -0.478 e. The minimum atomic E-state index is -1.15. The number of carbonyl (C=O) groups is 3. The zero-order chi connectivity index (χ0) is 13.3. The highest BCUT2D eigenvalue weighted by Crippen LogP contribution is 2.27. The first-order chi connectivity index (χ1) is 8.50. The van der Waals surface area contributed by atoms with Gasteiger partial charge in [0.15, 0.2) is 0 Å². The van der Waals surface area contributed by atoms with Crippen molar-refractivity contribution in [3.05, 3.63) is 29.8 Å². The van der Waals surface area contributed by atoms with E-state index in [0.717, 1.165) is 4.90 Å². The summed E-state index contributed by atoms with van der Waals surface area (Å²) >= 11 is 0. The third kappa shape index (κ3) is 2.11. The van der Waals surface area contributed by atoms with Gasteiger partial charge in [-0.2, -0.15) is 0 Å². The van der Waals surface area contributed by atoms with Crippen molar-refractivity contribution < 1.29 is 19.5 Å². The highest BCUT2D eigenvalue weighted by Gasteiger charge is 2.33. The second kappa shape index (κ2) is 4.60. The fraction of sp³-hybridized carbons (Fsp3) is 0.308. The van der Waals surface area contributed by atoms with E-state index in [2.05, 4.69) is 0 Å². The van der Waals surface area contributed by atoms with Crippen LogP contribution in [0.25, 0.3) is 0 Å². The van der Waals surface area contributed by atoms with Gasteiger partial charge in [-0.3, -0.25) is 9.59 Å². The molecule has 5 nitrogen and oxygen atoms in total. The first-order valence-corrected chi connectivity index (χ1v) is 5.69. The number of carboxylic acids is 1. The monoisotopic (exact) mass is 247 g/mol. The molecule has 0 atom stereocenters. The van der Waals surface area contributed by atoms with Gasteiger partial charge in [-0.25, -0.2) is 9.69 Å². The largest absolute Gasteiger partial charge is 0.478 e. The minimum absolute atomic E-state index is 0.0123. The molecule has 5 heteroatoms. The Balaban J connectivity index is 2.45. The molecule has 94 valence electrons. The van der Waals surface area contributed by atoms with E-state index in [1.165, 1.54) is 12.1 Å². The lowest BCUT2D eigenvalue weighted by Crippen LogP contribution is -2.43. The maximum Gasteiger partial charge on any atom is 0.337 e. The van der Waals surface area contributed by atoms with E-state index in [1.54, 1.807) is 12.1 Å². The number of rotatable bonds is 2. The summed E-state index contributed by atoms with van der Waals surface area (Å²) in [6.07, 6.45) is 0.527. The van der Waals surface area contributed by atoms with E-state index < -0.39 is 5.97 Å². The van der Waals surface area contributed by atoms with Crippen molar-refractivity contribution in [2.24, 2.45) is 5.92 Å². The Morgan fingerprint density at radius 3 is 2.33 bits per heavy atom. The molecule has 0 aliphatic carbocycles. The van der Waals surface area contributed by atoms with Gasteiger partial charge in [-0.05, 0) is 18.1 Å². The topological polar surface area (TPSA) is 74.7 Å². The number of piperidine rings is 1. The van der Waals surface area contributed by atoms with Crippen molar-refractivity contribution in [2.75, 3.05) is 4.90 Å². The molecule has 1 aliphatic heterocycles. The summed E-state index contributed by atoms with van der Waals surface area (Å²) in [7, 11) is 0. The number of imide groups is 1. The van der Waals surface area contributed by atoms with E-state index in [4.69, 9.17) is 5.11 Å². The summed E-state index contributed by atoms with van der Waals surface area (Å²) in [6, 6.07) is 6.04. The molecule has 1 aromatic carbocycles. The Hall–Kier alpha value is -2.17. The van der Waals surface area contributed by atoms with Gasteiger partial charge >= 0.3 is 5.97 Å². The van der Waals surface area contributed by atoms with Crippen LogP contribution in [0.1, 0.15) is 30.1 Å². The van der Waals surface area contributed by atoms with Gasteiger partial charge in [0, 0.05) is 12.8 Å². The lowest BCUT2D eigenvalue weighted by atomic mass is 9.96. The number of carboxylic acid groups (broad SMARTS) is 1. The number of hydrogen-bond acceptors (Lipinski definition) is 3. The molecule has 2 rings (SSSR count). The third-order valence-electron chi connectivity index (χ3n) is 2.92. The quantitative estimate of drug-likeness (QED) is 0.807. The van der Waals surface area contributed by atoms with Crippen LogP contribution in [0.5, 0.6) is 0 Å². The molecule has 1 heterocycles. The number of aromatic carboxylic acids is 1. The van der Waals surface area contributed by atoms with Crippen LogP contribution in [0.3, 0.4) is 0 Å². The zero-order valence-corrected chi connectivity index (χ0v) is 9.92. The van der Waals surface area contributed by atoms with Crippen molar-refractivity contribution in [3.63, 3.8) is 0 Å². The standard InChI is InChI=1S/C13H13NO4/c1-8-6-11(15)14(12(16)7-8)10-5-3-2-4-9(10)13(17)18/h2-5,8H,6-7H2,1H3,(H,17,18). The highest BCUT2D eigenvalue weighted by molar-refractivity contribution is 6.18. The van der Waals surface area contributed by atoms with Gasteiger partial charge in [0.2, 0.25) is 11.8 Å². The van der Waals surface area contributed by atoms with Crippen molar-refractivity contribution in [1.29, 1.82) is 0 Å². The van der Waals surface area contributed by atoms with E-state index in [1.807, 2.05) is 6.92 Å². The predicted molar refractivity (Wildman–Crippen MR) is 64.3 cm³/mol. The van der Waals surface area contributed by atoms with Crippen LogP contribution in [0, 0.1) is 5.92 Å². The van der Waals surface area contributed by atoms with E-state index in [0.29, 0.717) is 0 Å². The molecule has 0 radical (unpaired) electrons. The van der Waals surface area contributed by atoms with Crippen molar-refractivity contribution in [3.8, 4) is 0 Å². The van der Waals surface area contributed by atoms with Gasteiger partial charge in [0.05, 0.1) is 11.3 Å². The van der Waals surface area contributed by atoms with Crippen molar-refractivity contribution >= 4 is 23.5 Å². The van der Waals surface area contributed by atoms with Crippen molar-refractivity contribution in [1.82, 2.24) is 0 Å². The third-order valence-corrected chi connectivity index (χ3v) is 2.92. The molecule has 0 bridgehead atoms. The maximum absolute atomic E-state index is 11.9. The predicted octanol–water partition coefficient (Wildman–Crippen LogP) is 1.67. The molecule has 1 aromatic rings. The summed E-state index contributed by atoms with van der Waals surface area (Å²) in [6.45, 7) is 1.83. The van der Waals surface area contributed by atoms with Gasteiger partial charge in [0.25, 0.3) is 0 Å². The fourth-order valence-electron chi connectivity index (χ4n) is 2.11. The molecule has 1 aliphatic rings. The number of benzene rings is 1. The Kier molecular flexibility index (Phi) is 3.14. The maximum atomic E-state index is 11.9. The van der Waals surface area contributed by atoms with Crippen LogP contribution in [-0.2, 0) is 9.59 Å². The van der Waals surface area contributed by atoms with Gasteiger partial charge in [0.1, 0.15) is 0 Å². The second-order valence-corrected chi connectivity index (χ2v) is 4.46. The molecular formula is C13H13NO4. The van der Waals surface area contributed by atoms with Gasteiger partial charge < -0.3 is 5.11 Å². The molecule has 0 aromatic heterocycles. The van der Waals surface area contributed by atoms with E-state index >= 15 is 0 Å². The number of hydrogen-bond donors (Lipinski definition) is 1. The van der Waals surface area contributed by atoms with E-state index in [9.17, 15) is 14.4 Å². The van der Waals surface area contributed by atoms with Crippen LogP contribution in [-0.4, -0.2) is 22.9 Å². The average molecular weight is 247 g/mol. The summed E-state index contributed by atoms with van der Waals surface area (Å²) < 4.78 is 0. The molecular weight excluding hydrogens is 234 g/mol. The van der Waals surface area contributed by atoms with Crippen molar-refractivity contribution in [2.45, 2.75) is 19.8 Å². The molecule has 0 saturated carbocycles. The zero-order valence-electron chi connectivity index (χ0n) is 9.92. The summed E-state index contributed by atoms with van der Waals surface area (Å²) in [5, 5.41) is 9.07. The fourth-order valence-corrected chi connectivity index (χ4v) is 2.11. The van der Waals surface area contributed by atoms with Crippen LogP contribution in [0.4, 0.5) is 5.69 Å². The number of amides is 2. The lowest BCUT2D eigenvalue weighted by molar-refractivity contribution is -0.130. The molecule has 0 spiro atoms. The summed E-state index contributed by atoms with van der Waals surface area (Å²) in [5.41, 5.74) is 0.126. The Morgan fingerprint density at radius 1 is 1.22 bits per heavy atom.